The van der Waals surface area contributed by atoms with Crippen LogP contribution in [-0.4, -0.2) is 21.6 Å². The minimum Gasteiger partial charge on any atom is -0.354 e. The van der Waals surface area contributed by atoms with Crippen molar-refractivity contribution in [1.82, 2.24) is 14.5 Å². The summed E-state index contributed by atoms with van der Waals surface area (Å²) in [6, 6.07) is 13.9. The lowest BCUT2D eigenvalue weighted by Crippen LogP contribution is -2.34. The molecule has 1 amide bonds. The molecule has 0 spiro atoms. The molecule has 1 heterocycles. The van der Waals surface area contributed by atoms with E-state index in [4.69, 9.17) is 0 Å². The molecule has 1 aromatic heterocycles. The monoisotopic (exact) mass is 341 g/mol. The number of para-hydroxylation sites is 2. The molecule has 0 fully saturated rings. The van der Waals surface area contributed by atoms with E-state index in [0.717, 1.165) is 11.0 Å². The van der Waals surface area contributed by atoms with Crippen molar-refractivity contribution in [3.63, 3.8) is 0 Å². The summed E-state index contributed by atoms with van der Waals surface area (Å²) in [5.74, 6) is -0.545. The van der Waals surface area contributed by atoms with Gasteiger partial charge in [-0.25, -0.2) is 9.18 Å². The molecule has 0 aliphatic carbocycles. The molecule has 0 aliphatic rings. The quantitative estimate of drug-likeness (QED) is 0.748. The number of imidazole rings is 1. The van der Waals surface area contributed by atoms with Crippen molar-refractivity contribution < 1.29 is 9.18 Å². The predicted molar refractivity (Wildman–Crippen MR) is 95.0 cm³/mol. The Labute approximate surface area is 144 Å². The molecule has 0 unspecified atom stereocenters. The van der Waals surface area contributed by atoms with Crippen LogP contribution < -0.4 is 11.0 Å². The lowest BCUT2D eigenvalue weighted by molar-refractivity contribution is -0.121. The fourth-order valence-corrected chi connectivity index (χ4v) is 2.97. The maximum atomic E-state index is 13.6. The zero-order valence-electron chi connectivity index (χ0n) is 14.0. The van der Waals surface area contributed by atoms with E-state index in [0.29, 0.717) is 25.1 Å². The first-order valence-electron chi connectivity index (χ1n) is 8.30. The van der Waals surface area contributed by atoms with Crippen molar-refractivity contribution in [3.05, 3.63) is 70.4 Å². The highest BCUT2D eigenvalue weighted by Gasteiger charge is 2.14. The van der Waals surface area contributed by atoms with Crippen molar-refractivity contribution in [3.8, 4) is 0 Å². The number of carbonyl (C=O) groups is 1. The third-order valence-electron chi connectivity index (χ3n) is 4.22. The average Bonchev–Trinajstić information content (AvgIpc) is 2.88. The number of benzene rings is 2. The zero-order chi connectivity index (χ0) is 17.8. The molecule has 0 bridgehead atoms. The molecular weight excluding hydrogens is 321 g/mol. The van der Waals surface area contributed by atoms with Crippen molar-refractivity contribution in [2.24, 2.45) is 0 Å². The minimum atomic E-state index is -0.279. The number of hydrogen-bond donors (Lipinski definition) is 1. The Morgan fingerprint density at radius 1 is 1.04 bits per heavy atom. The van der Waals surface area contributed by atoms with E-state index in [2.05, 4.69) is 5.32 Å². The fourth-order valence-electron chi connectivity index (χ4n) is 2.97. The molecule has 0 aliphatic heterocycles. The van der Waals surface area contributed by atoms with Gasteiger partial charge in [0.25, 0.3) is 0 Å². The Bertz CT molecular complexity index is 959. The Morgan fingerprint density at radius 2 is 1.68 bits per heavy atom. The molecule has 0 atom stereocenters. The van der Waals surface area contributed by atoms with Gasteiger partial charge in [-0.1, -0.05) is 30.3 Å². The topological polar surface area (TPSA) is 56.0 Å². The van der Waals surface area contributed by atoms with Gasteiger partial charge < -0.3 is 5.32 Å². The van der Waals surface area contributed by atoms with E-state index >= 15 is 0 Å². The van der Waals surface area contributed by atoms with Gasteiger partial charge in [0.05, 0.1) is 11.0 Å². The standard InChI is InChI=1S/C19H20FN3O2/c1-2-22-16-9-5-6-10-17(16)23(19(22)25)13-18(24)21-12-11-14-7-3-4-8-15(14)20/h3-10H,2,11-13H2,1H3,(H,21,24). The highest BCUT2D eigenvalue weighted by molar-refractivity contribution is 5.80. The SMILES string of the molecule is CCn1c(=O)n(CC(=O)NCCc2ccccc2F)c2ccccc21. The number of nitrogens with one attached hydrogen (secondary N) is 1. The number of rotatable bonds is 6. The van der Waals surface area contributed by atoms with Gasteiger partial charge in [-0.15, -0.1) is 0 Å². The fraction of sp³-hybridized carbons (Fsp3) is 0.263. The van der Waals surface area contributed by atoms with E-state index < -0.39 is 0 Å². The van der Waals surface area contributed by atoms with Crippen LogP contribution in [-0.2, 0) is 24.3 Å². The van der Waals surface area contributed by atoms with Crippen LogP contribution in [0.15, 0.2) is 53.3 Å². The summed E-state index contributed by atoms with van der Waals surface area (Å²) in [4.78, 5) is 24.7. The lowest BCUT2D eigenvalue weighted by Gasteiger charge is -2.07. The van der Waals surface area contributed by atoms with Gasteiger partial charge in [0.2, 0.25) is 5.91 Å². The molecule has 5 nitrogen and oxygen atoms in total. The molecule has 3 aromatic rings. The smallest absolute Gasteiger partial charge is 0.329 e. The number of halogens is 1. The first kappa shape index (κ1) is 17.0. The van der Waals surface area contributed by atoms with Crippen LogP contribution in [0, 0.1) is 5.82 Å². The van der Waals surface area contributed by atoms with Gasteiger partial charge in [-0.05, 0) is 37.1 Å². The highest BCUT2D eigenvalue weighted by Crippen LogP contribution is 2.12. The maximum absolute atomic E-state index is 13.6. The summed E-state index contributed by atoms with van der Waals surface area (Å²) in [5.41, 5.74) is 1.91. The first-order chi connectivity index (χ1) is 12.1. The van der Waals surface area contributed by atoms with Gasteiger partial charge >= 0.3 is 5.69 Å². The first-order valence-corrected chi connectivity index (χ1v) is 8.30. The molecule has 0 saturated heterocycles. The van der Waals surface area contributed by atoms with Crippen LogP contribution in [0.25, 0.3) is 11.0 Å². The number of aryl methyl sites for hydroxylation is 1. The van der Waals surface area contributed by atoms with Crippen molar-refractivity contribution in [2.45, 2.75) is 26.4 Å². The van der Waals surface area contributed by atoms with Crippen LogP contribution in [0.4, 0.5) is 4.39 Å². The van der Waals surface area contributed by atoms with E-state index in [1.807, 2.05) is 31.2 Å². The summed E-state index contributed by atoms with van der Waals surface area (Å²) in [5, 5.41) is 2.75. The molecule has 1 N–H and O–H groups in total. The Hall–Kier alpha value is -2.89. The number of nitrogens with zero attached hydrogens (tertiary/aromatic N) is 2. The van der Waals surface area contributed by atoms with Gasteiger partial charge in [-0.3, -0.25) is 13.9 Å². The molecule has 0 radical (unpaired) electrons. The summed E-state index contributed by atoms with van der Waals surface area (Å²) in [6.45, 7) is 2.71. The second-order valence-corrected chi connectivity index (χ2v) is 5.79. The number of amides is 1. The van der Waals surface area contributed by atoms with Crippen LogP contribution >= 0.6 is 0 Å². The molecule has 2 aromatic carbocycles. The largest absolute Gasteiger partial charge is 0.354 e. The van der Waals surface area contributed by atoms with Crippen LogP contribution in [0.5, 0.6) is 0 Å². The number of fused-ring (bicyclic) bond motifs is 1. The van der Waals surface area contributed by atoms with Gasteiger partial charge in [0, 0.05) is 13.1 Å². The maximum Gasteiger partial charge on any atom is 0.329 e. The summed E-state index contributed by atoms with van der Waals surface area (Å²) < 4.78 is 16.7. The summed E-state index contributed by atoms with van der Waals surface area (Å²) in [6.07, 6.45) is 0.407. The van der Waals surface area contributed by atoms with Crippen LogP contribution in [0.1, 0.15) is 12.5 Å². The van der Waals surface area contributed by atoms with E-state index in [9.17, 15) is 14.0 Å². The van der Waals surface area contributed by atoms with Crippen LogP contribution in [0.3, 0.4) is 0 Å². The molecule has 25 heavy (non-hydrogen) atoms. The van der Waals surface area contributed by atoms with Crippen molar-refractivity contribution in [2.75, 3.05) is 6.54 Å². The van der Waals surface area contributed by atoms with Crippen LogP contribution in [0.2, 0.25) is 0 Å². The Kier molecular flexibility index (Phi) is 4.97. The van der Waals surface area contributed by atoms with E-state index in [1.54, 1.807) is 22.8 Å². The summed E-state index contributed by atoms with van der Waals surface area (Å²) >= 11 is 0. The summed E-state index contributed by atoms with van der Waals surface area (Å²) in [7, 11) is 0. The third-order valence-corrected chi connectivity index (χ3v) is 4.22. The molecule has 6 heteroatoms. The zero-order valence-corrected chi connectivity index (χ0v) is 14.0. The molecular formula is C19H20FN3O2. The number of hydrogen-bond acceptors (Lipinski definition) is 2. The van der Waals surface area contributed by atoms with Gasteiger partial charge in [-0.2, -0.15) is 0 Å². The van der Waals surface area contributed by atoms with E-state index in [-0.39, 0.29) is 24.0 Å². The van der Waals surface area contributed by atoms with Gasteiger partial charge in [0.15, 0.2) is 0 Å². The van der Waals surface area contributed by atoms with Gasteiger partial charge in [0.1, 0.15) is 12.4 Å². The number of aromatic nitrogens is 2. The van der Waals surface area contributed by atoms with E-state index in [1.165, 1.54) is 10.6 Å². The third kappa shape index (κ3) is 3.47. The number of carbonyl (C=O) groups excluding carboxylic acids is 1. The highest BCUT2D eigenvalue weighted by atomic mass is 19.1. The average molecular weight is 341 g/mol. The van der Waals surface area contributed by atoms with Crippen molar-refractivity contribution in [1.29, 1.82) is 0 Å². The molecule has 3 rings (SSSR count). The normalized spacial score (nSPS) is 11.0. The minimum absolute atomic E-state index is 0.0520. The lowest BCUT2D eigenvalue weighted by atomic mass is 10.1. The Balaban J connectivity index is 1.69. The second-order valence-electron chi connectivity index (χ2n) is 5.79. The predicted octanol–water partition coefficient (Wildman–Crippen LogP) is 2.32. The molecule has 130 valence electrons. The van der Waals surface area contributed by atoms with Crippen molar-refractivity contribution >= 4 is 16.9 Å². The molecule has 0 saturated carbocycles. The second kappa shape index (κ2) is 7.34. The Morgan fingerprint density at radius 3 is 2.36 bits per heavy atom.